The zero-order chi connectivity index (χ0) is 19.9. The molecule has 0 fully saturated rings. The van der Waals surface area contributed by atoms with Crippen LogP contribution in [0.25, 0.3) is 10.4 Å². The van der Waals surface area contributed by atoms with Crippen LogP contribution < -0.4 is 15.4 Å². The second-order valence-corrected chi connectivity index (χ2v) is 7.29. The van der Waals surface area contributed by atoms with Crippen molar-refractivity contribution >= 4 is 39.6 Å². The van der Waals surface area contributed by atoms with Crippen LogP contribution in [0.2, 0.25) is 0 Å². The van der Waals surface area contributed by atoms with E-state index in [2.05, 4.69) is 10.6 Å². The van der Waals surface area contributed by atoms with E-state index in [1.165, 1.54) is 18.4 Å². The van der Waals surface area contributed by atoms with Gasteiger partial charge in [-0.15, -0.1) is 11.3 Å². The molecule has 0 amide bonds. The summed E-state index contributed by atoms with van der Waals surface area (Å²) in [5, 5.41) is 7.33. The molecule has 0 aliphatic carbocycles. The molecule has 5 nitrogen and oxygen atoms in total. The molecule has 7 heteroatoms. The van der Waals surface area contributed by atoms with Crippen molar-refractivity contribution in [3.63, 3.8) is 0 Å². The third-order valence-electron chi connectivity index (χ3n) is 4.05. The fourth-order valence-corrected chi connectivity index (χ4v) is 3.96. The Labute approximate surface area is 173 Å². The van der Waals surface area contributed by atoms with E-state index in [-0.39, 0.29) is 0 Å². The number of carbonyl (C=O) groups is 1. The molecule has 0 atom stereocenters. The fraction of sp³-hybridized carbons (Fsp3) is 0.143. The van der Waals surface area contributed by atoms with Crippen molar-refractivity contribution < 1.29 is 14.3 Å². The molecule has 0 unspecified atom stereocenters. The molecule has 0 saturated heterocycles. The van der Waals surface area contributed by atoms with Gasteiger partial charge in [0.05, 0.1) is 19.8 Å². The minimum atomic E-state index is -0.409. The Morgan fingerprint density at radius 2 is 1.79 bits per heavy atom. The van der Waals surface area contributed by atoms with Crippen molar-refractivity contribution in [3.8, 4) is 16.2 Å². The van der Waals surface area contributed by atoms with Crippen LogP contribution in [0.4, 0.5) is 5.00 Å². The molecule has 0 saturated carbocycles. The quantitative estimate of drug-likeness (QED) is 0.452. The summed E-state index contributed by atoms with van der Waals surface area (Å²) < 4.78 is 10.3. The molecule has 144 valence electrons. The van der Waals surface area contributed by atoms with Crippen LogP contribution in [-0.4, -0.2) is 25.3 Å². The minimum Gasteiger partial charge on any atom is -0.496 e. The summed E-state index contributed by atoms with van der Waals surface area (Å²) in [7, 11) is 3.00. The Bertz CT molecular complexity index is 971. The zero-order valence-corrected chi connectivity index (χ0v) is 17.2. The van der Waals surface area contributed by atoms with Crippen molar-refractivity contribution in [2.75, 3.05) is 19.5 Å². The number of rotatable bonds is 6. The Morgan fingerprint density at radius 1 is 1.07 bits per heavy atom. The highest BCUT2D eigenvalue weighted by Crippen LogP contribution is 2.35. The average Bonchev–Trinajstić information content (AvgIpc) is 3.16. The van der Waals surface area contributed by atoms with Gasteiger partial charge in [-0.25, -0.2) is 4.79 Å². The lowest BCUT2D eigenvalue weighted by atomic mass is 10.1. The van der Waals surface area contributed by atoms with E-state index in [4.69, 9.17) is 21.7 Å². The largest absolute Gasteiger partial charge is 0.496 e. The highest BCUT2D eigenvalue weighted by atomic mass is 32.1. The van der Waals surface area contributed by atoms with Crippen LogP contribution in [-0.2, 0) is 11.3 Å². The molecule has 1 heterocycles. The van der Waals surface area contributed by atoms with Crippen LogP contribution in [0.3, 0.4) is 0 Å². The van der Waals surface area contributed by atoms with Gasteiger partial charge < -0.3 is 20.1 Å². The van der Waals surface area contributed by atoms with E-state index < -0.39 is 5.97 Å². The number of hydrogen-bond acceptors (Lipinski definition) is 5. The SMILES string of the molecule is COC(=O)c1cc(-c2ccccc2)sc1NC(=S)NCc1ccccc1OC. The number of carbonyl (C=O) groups excluding carboxylic acids is 1. The molecule has 3 aromatic rings. The summed E-state index contributed by atoms with van der Waals surface area (Å²) >= 11 is 6.86. The predicted octanol–water partition coefficient (Wildman–Crippen LogP) is 4.70. The van der Waals surface area contributed by atoms with Gasteiger partial charge in [-0.1, -0.05) is 48.5 Å². The smallest absolute Gasteiger partial charge is 0.340 e. The highest BCUT2D eigenvalue weighted by molar-refractivity contribution is 7.80. The lowest BCUT2D eigenvalue weighted by Crippen LogP contribution is -2.28. The molecule has 3 rings (SSSR count). The number of ether oxygens (including phenoxy) is 2. The molecule has 2 aromatic carbocycles. The Hall–Kier alpha value is -2.90. The van der Waals surface area contributed by atoms with Crippen LogP contribution in [0.5, 0.6) is 5.75 Å². The number of thiocarbonyl (C=S) groups is 1. The topological polar surface area (TPSA) is 59.6 Å². The summed E-state index contributed by atoms with van der Waals surface area (Å²) in [6.45, 7) is 0.500. The number of esters is 1. The number of methoxy groups -OCH3 is 2. The van der Waals surface area contributed by atoms with Gasteiger partial charge in [0, 0.05) is 17.0 Å². The first-order chi connectivity index (χ1) is 13.6. The van der Waals surface area contributed by atoms with Gasteiger partial charge >= 0.3 is 5.97 Å². The maximum atomic E-state index is 12.2. The highest BCUT2D eigenvalue weighted by Gasteiger charge is 2.18. The minimum absolute atomic E-state index is 0.409. The van der Waals surface area contributed by atoms with Crippen molar-refractivity contribution in [3.05, 3.63) is 71.8 Å². The van der Waals surface area contributed by atoms with Gasteiger partial charge in [-0.3, -0.25) is 0 Å². The molecule has 2 N–H and O–H groups in total. The number of para-hydroxylation sites is 1. The molecule has 1 aromatic heterocycles. The normalized spacial score (nSPS) is 10.2. The van der Waals surface area contributed by atoms with E-state index in [0.717, 1.165) is 21.8 Å². The van der Waals surface area contributed by atoms with E-state index in [9.17, 15) is 4.79 Å². The summed E-state index contributed by atoms with van der Waals surface area (Å²) in [6.07, 6.45) is 0. The molecular weight excluding hydrogens is 392 g/mol. The molecule has 0 radical (unpaired) electrons. The molecule has 0 aliphatic heterocycles. The first-order valence-electron chi connectivity index (χ1n) is 8.56. The third-order valence-corrected chi connectivity index (χ3v) is 5.40. The summed E-state index contributed by atoms with van der Waals surface area (Å²) in [5.74, 6) is 0.379. The van der Waals surface area contributed by atoms with E-state index in [1.54, 1.807) is 7.11 Å². The first-order valence-corrected chi connectivity index (χ1v) is 9.79. The summed E-state index contributed by atoms with van der Waals surface area (Å²) in [6, 6.07) is 19.4. The lowest BCUT2D eigenvalue weighted by molar-refractivity contribution is 0.0602. The molecule has 0 aliphatic rings. The number of anilines is 1. The van der Waals surface area contributed by atoms with Gasteiger partial charge in [0.15, 0.2) is 5.11 Å². The Kier molecular flexibility index (Phi) is 6.62. The maximum Gasteiger partial charge on any atom is 0.340 e. The lowest BCUT2D eigenvalue weighted by Gasteiger charge is -2.12. The predicted molar refractivity (Wildman–Crippen MR) is 117 cm³/mol. The van der Waals surface area contributed by atoms with Gasteiger partial charge in [0.2, 0.25) is 0 Å². The third kappa shape index (κ3) is 4.68. The number of hydrogen-bond donors (Lipinski definition) is 2. The summed E-state index contributed by atoms with van der Waals surface area (Å²) in [4.78, 5) is 13.1. The zero-order valence-electron chi connectivity index (χ0n) is 15.5. The van der Waals surface area contributed by atoms with E-state index >= 15 is 0 Å². The monoisotopic (exact) mass is 412 g/mol. The van der Waals surface area contributed by atoms with Gasteiger partial charge in [-0.05, 0) is 29.9 Å². The maximum absolute atomic E-state index is 12.2. The molecular formula is C21H20N2O3S2. The second kappa shape index (κ2) is 9.34. The van der Waals surface area contributed by atoms with Crippen molar-refractivity contribution in [1.82, 2.24) is 5.32 Å². The molecule has 0 bridgehead atoms. The standard InChI is InChI=1S/C21H20N2O3S2/c1-25-17-11-7-6-10-15(17)13-22-21(27)23-19-16(20(24)26-2)12-18(28-19)14-8-4-3-5-9-14/h3-12H,13H2,1-2H3,(H2,22,23,27). The van der Waals surface area contributed by atoms with Gasteiger partial charge in [-0.2, -0.15) is 0 Å². The van der Waals surface area contributed by atoms with Crippen molar-refractivity contribution in [1.29, 1.82) is 0 Å². The number of nitrogens with one attached hydrogen (secondary N) is 2. The van der Waals surface area contributed by atoms with E-state index in [0.29, 0.717) is 22.2 Å². The van der Waals surface area contributed by atoms with Crippen molar-refractivity contribution in [2.45, 2.75) is 6.54 Å². The van der Waals surface area contributed by atoms with Crippen LogP contribution in [0, 0.1) is 0 Å². The Balaban J connectivity index is 1.76. The second-order valence-electron chi connectivity index (χ2n) is 5.83. The van der Waals surface area contributed by atoms with Crippen LogP contribution in [0.15, 0.2) is 60.7 Å². The van der Waals surface area contributed by atoms with Crippen molar-refractivity contribution in [2.24, 2.45) is 0 Å². The number of benzene rings is 2. The Morgan fingerprint density at radius 3 is 2.50 bits per heavy atom. The van der Waals surface area contributed by atoms with Gasteiger partial charge in [0.25, 0.3) is 0 Å². The fourth-order valence-electron chi connectivity index (χ4n) is 2.66. The molecule has 0 spiro atoms. The van der Waals surface area contributed by atoms with E-state index in [1.807, 2.05) is 60.7 Å². The van der Waals surface area contributed by atoms with Gasteiger partial charge in [0.1, 0.15) is 10.8 Å². The van der Waals surface area contributed by atoms with Crippen LogP contribution in [0.1, 0.15) is 15.9 Å². The summed E-state index contributed by atoms with van der Waals surface area (Å²) in [5.41, 5.74) is 2.46. The van der Waals surface area contributed by atoms with Crippen LogP contribution >= 0.6 is 23.6 Å². The number of thiophene rings is 1. The first kappa shape index (κ1) is 19.9. The molecule has 28 heavy (non-hydrogen) atoms. The average molecular weight is 413 g/mol.